The smallest absolute Gasteiger partial charge is 0.0870 e. The van der Waals surface area contributed by atoms with Crippen molar-refractivity contribution in [1.29, 1.82) is 0 Å². The van der Waals surface area contributed by atoms with Gasteiger partial charge >= 0.3 is 0 Å². The maximum atomic E-state index is 10.9. The molecule has 0 radical (unpaired) electrons. The minimum atomic E-state index is -0.811. The molecular formula is C8H13NO2. The molecule has 1 heterocycles. The number of carboxylic acids is 1. The van der Waals surface area contributed by atoms with E-state index in [0.717, 1.165) is 32.4 Å². The molecule has 3 nitrogen and oxygen atoms in total. The Labute approximate surface area is 65.8 Å². The van der Waals surface area contributed by atoms with Crippen molar-refractivity contribution in [3.05, 3.63) is 0 Å². The van der Waals surface area contributed by atoms with Crippen LogP contribution in [0.15, 0.2) is 0 Å². The Morgan fingerprint density at radius 2 is 2.45 bits per heavy atom. The van der Waals surface area contributed by atoms with Crippen LogP contribution in [-0.4, -0.2) is 19.1 Å². The number of carboxylic acid groups (broad SMARTS) is 1. The van der Waals surface area contributed by atoms with Gasteiger partial charge in [-0.2, -0.15) is 0 Å². The maximum absolute atomic E-state index is 10.9. The average molecular weight is 155 g/mol. The SMILES string of the molecule is O=C([O-])[C@]12CCC[C@H]1C[NH2+]C2. The Hall–Kier alpha value is -0.570. The highest BCUT2D eigenvalue weighted by molar-refractivity contribution is 5.73. The Morgan fingerprint density at radius 1 is 1.64 bits per heavy atom. The second-order valence-electron chi connectivity index (χ2n) is 3.76. The number of quaternary nitrogens is 1. The van der Waals surface area contributed by atoms with Crippen molar-refractivity contribution in [2.75, 3.05) is 13.1 Å². The predicted octanol–water partition coefficient (Wildman–Crippen LogP) is -1.90. The molecule has 0 aromatic rings. The lowest BCUT2D eigenvalue weighted by atomic mass is 9.81. The van der Waals surface area contributed by atoms with Crippen LogP contribution in [0.2, 0.25) is 0 Å². The van der Waals surface area contributed by atoms with Gasteiger partial charge in [0.05, 0.1) is 24.5 Å². The van der Waals surface area contributed by atoms with E-state index in [4.69, 9.17) is 0 Å². The number of hydrogen-bond acceptors (Lipinski definition) is 2. The first-order chi connectivity index (χ1) is 5.26. The van der Waals surface area contributed by atoms with Gasteiger partial charge in [-0.25, -0.2) is 0 Å². The topological polar surface area (TPSA) is 56.7 Å². The van der Waals surface area contributed by atoms with Crippen LogP contribution in [0.1, 0.15) is 19.3 Å². The van der Waals surface area contributed by atoms with E-state index in [0.29, 0.717) is 5.92 Å². The number of fused-ring (bicyclic) bond motifs is 1. The normalized spacial score (nSPS) is 42.4. The van der Waals surface area contributed by atoms with E-state index < -0.39 is 11.4 Å². The number of carbonyl (C=O) groups excluding carboxylic acids is 1. The highest BCUT2D eigenvalue weighted by Gasteiger charge is 2.50. The molecular weight excluding hydrogens is 142 g/mol. The summed E-state index contributed by atoms with van der Waals surface area (Å²) in [4.78, 5) is 10.9. The molecule has 3 heteroatoms. The highest BCUT2D eigenvalue weighted by atomic mass is 16.4. The van der Waals surface area contributed by atoms with E-state index >= 15 is 0 Å². The molecule has 0 aromatic heterocycles. The van der Waals surface area contributed by atoms with Crippen LogP contribution >= 0.6 is 0 Å². The zero-order valence-corrected chi connectivity index (χ0v) is 6.51. The zero-order valence-electron chi connectivity index (χ0n) is 6.51. The molecule has 62 valence electrons. The van der Waals surface area contributed by atoms with Gasteiger partial charge in [0.25, 0.3) is 0 Å². The second kappa shape index (κ2) is 2.21. The van der Waals surface area contributed by atoms with Crippen LogP contribution in [0.25, 0.3) is 0 Å². The summed E-state index contributed by atoms with van der Waals surface area (Å²) in [5.41, 5.74) is -0.444. The summed E-state index contributed by atoms with van der Waals surface area (Å²) in [5, 5.41) is 13.0. The summed E-state index contributed by atoms with van der Waals surface area (Å²) in [6.07, 6.45) is 3.01. The molecule has 2 fully saturated rings. The zero-order chi connectivity index (χ0) is 7.90. The van der Waals surface area contributed by atoms with Crippen molar-refractivity contribution in [1.82, 2.24) is 0 Å². The van der Waals surface area contributed by atoms with Crippen LogP contribution in [0, 0.1) is 11.3 Å². The fourth-order valence-corrected chi connectivity index (χ4v) is 2.65. The largest absolute Gasteiger partial charge is 0.549 e. The second-order valence-corrected chi connectivity index (χ2v) is 3.76. The van der Waals surface area contributed by atoms with Crippen LogP contribution in [-0.2, 0) is 4.79 Å². The number of rotatable bonds is 1. The minimum absolute atomic E-state index is 0.396. The standard InChI is InChI=1S/C8H13NO2/c10-7(11)8-3-1-2-6(8)4-9-5-8/h6,9H,1-5H2,(H,10,11)/t6-,8-/m0/s1. The van der Waals surface area contributed by atoms with Gasteiger partial charge in [-0.3, -0.25) is 0 Å². The third-order valence-corrected chi connectivity index (χ3v) is 3.32. The molecule has 1 aliphatic heterocycles. The first kappa shape index (κ1) is 7.10. The van der Waals surface area contributed by atoms with E-state index in [1.54, 1.807) is 0 Å². The molecule has 0 unspecified atom stereocenters. The van der Waals surface area contributed by atoms with Gasteiger partial charge in [0, 0.05) is 5.92 Å². The average Bonchev–Trinajstić information content (AvgIpc) is 2.40. The third-order valence-electron chi connectivity index (χ3n) is 3.32. The van der Waals surface area contributed by atoms with Crippen molar-refractivity contribution >= 4 is 5.97 Å². The molecule has 2 rings (SSSR count). The molecule has 2 atom stereocenters. The Kier molecular flexibility index (Phi) is 1.42. The van der Waals surface area contributed by atoms with Gasteiger partial charge in [-0.15, -0.1) is 0 Å². The molecule has 2 N–H and O–H groups in total. The van der Waals surface area contributed by atoms with E-state index in [-0.39, 0.29) is 0 Å². The van der Waals surface area contributed by atoms with Gasteiger partial charge in [0.15, 0.2) is 0 Å². The molecule has 0 aromatic carbocycles. The Balaban J connectivity index is 2.26. The summed E-state index contributed by atoms with van der Waals surface area (Å²) in [7, 11) is 0. The summed E-state index contributed by atoms with van der Waals surface area (Å²) in [6, 6.07) is 0. The summed E-state index contributed by atoms with van der Waals surface area (Å²) >= 11 is 0. The van der Waals surface area contributed by atoms with Gasteiger partial charge in [-0.05, 0) is 12.8 Å². The monoisotopic (exact) mass is 155 g/mol. The van der Waals surface area contributed by atoms with Gasteiger partial charge < -0.3 is 15.2 Å². The van der Waals surface area contributed by atoms with E-state index in [1.165, 1.54) is 0 Å². The number of hydrogen-bond donors (Lipinski definition) is 1. The van der Waals surface area contributed by atoms with Gasteiger partial charge in [0.2, 0.25) is 0 Å². The van der Waals surface area contributed by atoms with Crippen molar-refractivity contribution in [2.24, 2.45) is 11.3 Å². The van der Waals surface area contributed by atoms with E-state index in [9.17, 15) is 9.90 Å². The third kappa shape index (κ3) is 0.805. The lowest BCUT2D eigenvalue weighted by Gasteiger charge is -2.26. The lowest BCUT2D eigenvalue weighted by molar-refractivity contribution is -0.643. The molecule has 0 amide bonds. The van der Waals surface area contributed by atoms with Crippen molar-refractivity contribution in [3.63, 3.8) is 0 Å². The van der Waals surface area contributed by atoms with Crippen molar-refractivity contribution in [3.8, 4) is 0 Å². The molecule has 0 spiro atoms. The Bertz CT molecular complexity index is 181. The molecule has 11 heavy (non-hydrogen) atoms. The number of carbonyl (C=O) groups is 1. The minimum Gasteiger partial charge on any atom is -0.549 e. The molecule has 2 aliphatic rings. The van der Waals surface area contributed by atoms with Crippen LogP contribution in [0.3, 0.4) is 0 Å². The molecule has 1 saturated heterocycles. The molecule has 0 bridgehead atoms. The van der Waals surface area contributed by atoms with Crippen LogP contribution in [0.4, 0.5) is 0 Å². The fourth-order valence-electron chi connectivity index (χ4n) is 2.65. The summed E-state index contributed by atoms with van der Waals surface area (Å²) in [5.74, 6) is -0.416. The maximum Gasteiger partial charge on any atom is 0.0870 e. The van der Waals surface area contributed by atoms with Crippen LogP contribution < -0.4 is 10.4 Å². The lowest BCUT2D eigenvalue weighted by Crippen LogP contribution is -2.82. The summed E-state index contributed by atoms with van der Waals surface area (Å²) in [6.45, 7) is 1.74. The molecule has 1 aliphatic carbocycles. The predicted molar refractivity (Wildman–Crippen MR) is 36.4 cm³/mol. The van der Waals surface area contributed by atoms with Crippen LogP contribution in [0.5, 0.6) is 0 Å². The fraction of sp³-hybridized carbons (Fsp3) is 0.875. The molecule has 1 saturated carbocycles. The van der Waals surface area contributed by atoms with Crippen molar-refractivity contribution < 1.29 is 15.2 Å². The van der Waals surface area contributed by atoms with E-state index in [2.05, 4.69) is 5.32 Å². The van der Waals surface area contributed by atoms with E-state index in [1.807, 2.05) is 0 Å². The van der Waals surface area contributed by atoms with Crippen molar-refractivity contribution in [2.45, 2.75) is 19.3 Å². The van der Waals surface area contributed by atoms with Gasteiger partial charge in [-0.1, -0.05) is 6.42 Å². The number of nitrogens with two attached hydrogens (primary N) is 1. The quantitative estimate of drug-likeness (QED) is 0.481. The first-order valence-electron chi connectivity index (χ1n) is 4.29. The summed E-state index contributed by atoms with van der Waals surface area (Å²) < 4.78 is 0. The first-order valence-corrected chi connectivity index (χ1v) is 4.29. The number of aliphatic carboxylic acids is 1. The van der Waals surface area contributed by atoms with Gasteiger partial charge in [0.1, 0.15) is 0 Å². The highest BCUT2D eigenvalue weighted by Crippen LogP contribution is 2.43. The Morgan fingerprint density at radius 3 is 3.09 bits per heavy atom.